The highest BCUT2D eigenvalue weighted by Crippen LogP contribution is 2.40. The van der Waals surface area contributed by atoms with Crippen LogP contribution in [0.1, 0.15) is 47.6 Å². The number of aliphatic carboxylic acids is 1. The van der Waals surface area contributed by atoms with Crippen LogP contribution >= 0.6 is 0 Å². The lowest BCUT2D eigenvalue weighted by molar-refractivity contribution is -0.145. The average Bonchev–Trinajstić information content (AvgIpc) is 2.84. The van der Waals surface area contributed by atoms with Crippen molar-refractivity contribution < 1.29 is 27.8 Å². The van der Waals surface area contributed by atoms with Crippen molar-refractivity contribution in [2.45, 2.75) is 44.1 Å². The molecule has 0 amide bonds. The predicted octanol–water partition coefficient (Wildman–Crippen LogP) is 6.31. The van der Waals surface area contributed by atoms with Gasteiger partial charge in [-0.1, -0.05) is 67.1 Å². The lowest BCUT2D eigenvalue weighted by Crippen LogP contribution is -2.47. The van der Waals surface area contributed by atoms with Gasteiger partial charge in [0.15, 0.2) is 0 Å². The summed E-state index contributed by atoms with van der Waals surface area (Å²) in [4.78, 5) is 13.9. The number of rotatable bonds is 7. The van der Waals surface area contributed by atoms with E-state index < -0.39 is 29.8 Å². The molecule has 2 unspecified atom stereocenters. The molecule has 1 aliphatic rings. The summed E-state index contributed by atoms with van der Waals surface area (Å²) in [5.41, 5.74) is 1.22. The van der Waals surface area contributed by atoms with E-state index in [0.29, 0.717) is 29.8 Å². The second-order valence-electron chi connectivity index (χ2n) is 8.43. The minimum absolute atomic E-state index is 0.287. The number of carbonyl (C=O) groups is 1. The van der Waals surface area contributed by atoms with Gasteiger partial charge in [-0.05, 0) is 48.7 Å². The van der Waals surface area contributed by atoms with E-state index in [-0.39, 0.29) is 6.61 Å². The van der Waals surface area contributed by atoms with E-state index in [1.165, 1.54) is 6.07 Å². The Kier molecular flexibility index (Phi) is 7.22. The summed E-state index contributed by atoms with van der Waals surface area (Å²) in [6, 6.07) is 20.4. The lowest BCUT2D eigenvalue weighted by Gasteiger charge is -2.40. The maximum Gasteiger partial charge on any atom is 0.416 e. The van der Waals surface area contributed by atoms with Gasteiger partial charge in [-0.3, -0.25) is 9.69 Å². The van der Waals surface area contributed by atoms with Gasteiger partial charge in [-0.25, -0.2) is 0 Å². The predicted molar refractivity (Wildman–Crippen MR) is 122 cm³/mol. The fourth-order valence-corrected chi connectivity index (χ4v) is 4.54. The Morgan fingerprint density at radius 1 is 1.00 bits per heavy atom. The van der Waals surface area contributed by atoms with Crippen LogP contribution in [0.15, 0.2) is 78.9 Å². The molecule has 4 rings (SSSR count). The number of ether oxygens (including phenoxy) is 1. The van der Waals surface area contributed by atoms with Crippen molar-refractivity contribution in [1.29, 1.82) is 0 Å². The van der Waals surface area contributed by atoms with Crippen LogP contribution in [-0.2, 0) is 17.6 Å². The Balaban J connectivity index is 1.78. The Morgan fingerprint density at radius 3 is 2.47 bits per heavy atom. The lowest BCUT2D eigenvalue weighted by atomic mass is 9.90. The van der Waals surface area contributed by atoms with Crippen molar-refractivity contribution in [2.75, 3.05) is 6.54 Å². The molecule has 0 radical (unpaired) electrons. The van der Waals surface area contributed by atoms with E-state index in [4.69, 9.17) is 4.74 Å². The monoisotopic (exact) mass is 469 g/mol. The molecule has 0 saturated carbocycles. The summed E-state index contributed by atoms with van der Waals surface area (Å²) >= 11 is 0. The highest BCUT2D eigenvalue weighted by Gasteiger charge is 2.38. The molecule has 34 heavy (non-hydrogen) atoms. The third kappa shape index (κ3) is 5.42. The first-order valence-electron chi connectivity index (χ1n) is 11.3. The van der Waals surface area contributed by atoms with Crippen molar-refractivity contribution in [1.82, 2.24) is 4.90 Å². The second-order valence-corrected chi connectivity index (χ2v) is 8.43. The molecule has 0 bridgehead atoms. The Bertz CT molecular complexity index is 1120. The molecule has 2 atom stereocenters. The minimum atomic E-state index is -4.50. The molecule has 3 aromatic carbocycles. The number of piperidine rings is 1. The van der Waals surface area contributed by atoms with E-state index >= 15 is 0 Å². The summed E-state index contributed by atoms with van der Waals surface area (Å²) in [5, 5.41) is 9.90. The molecule has 4 nitrogen and oxygen atoms in total. The molecule has 1 fully saturated rings. The Labute approximate surface area is 196 Å². The number of carboxylic acid groups (broad SMARTS) is 1. The fourth-order valence-electron chi connectivity index (χ4n) is 4.54. The third-order valence-electron chi connectivity index (χ3n) is 6.14. The largest absolute Gasteiger partial charge is 0.489 e. The first kappa shape index (κ1) is 23.8. The number of nitrogens with zero attached hydrogens (tertiary/aromatic N) is 1. The van der Waals surface area contributed by atoms with Gasteiger partial charge in [0.2, 0.25) is 0 Å². The first-order valence-corrected chi connectivity index (χ1v) is 11.3. The van der Waals surface area contributed by atoms with E-state index in [1.54, 1.807) is 35.2 Å². The number of likely N-dealkylation sites (tertiary alicyclic amines) is 1. The molecule has 1 saturated heterocycles. The van der Waals surface area contributed by atoms with Crippen molar-refractivity contribution in [3.63, 3.8) is 0 Å². The molecule has 0 aliphatic carbocycles. The van der Waals surface area contributed by atoms with Crippen LogP contribution in [0.4, 0.5) is 13.2 Å². The van der Waals surface area contributed by atoms with Gasteiger partial charge in [0.1, 0.15) is 18.4 Å². The Hall–Kier alpha value is -3.32. The zero-order valence-corrected chi connectivity index (χ0v) is 18.5. The standard InChI is InChI=1S/C27H26F3NO3/c28-27(29,30)21-12-8-11-20(17-21)25(31-16-7-6-14-23(31)26(32)33)22-13-4-5-15-24(22)34-18-19-9-2-1-3-10-19/h1-5,8-13,15,17,23,25H,6-7,14,16,18H2,(H,32,33). The topological polar surface area (TPSA) is 49.8 Å². The molecule has 0 spiro atoms. The van der Waals surface area contributed by atoms with Crippen LogP contribution in [0.2, 0.25) is 0 Å². The number of alkyl halides is 3. The van der Waals surface area contributed by atoms with Gasteiger partial charge in [0.05, 0.1) is 11.6 Å². The number of carboxylic acids is 1. The number of benzene rings is 3. The first-order chi connectivity index (χ1) is 16.3. The molecule has 1 N–H and O–H groups in total. The smallest absolute Gasteiger partial charge is 0.416 e. The minimum Gasteiger partial charge on any atom is -0.489 e. The van der Waals surface area contributed by atoms with Gasteiger partial charge < -0.3 is 9.84 Å². The maximum absolute atomic E-state index is 13.5. The number of halogens is 3. The molecular weight excluding hydrogens is 443 g/mol. The quantitative estimate of drug-likeness (QED) is 0.440. The van der Waals surface area contributed by atoms with Gasteiger partial charge in [-0.2, -0.15) is 13.2 Å². The molecule has 7 heteroatoms. The van der Waals surface area contributed by atoms with Crippen LogP contribution in [0.5, 0.6) is 5.75 Å². The highest BCUT2D eigenvalue weighted by molar-refractivity contribution is 5.73. The van der Waals surface area contributed by atoms with E-state index in [0.717, 1.165) is 30.5 Å². The van der Waals surface area contributed by atoms with Crippen LogP contribution < -0.4 is 4.74 Å². The van der Waals surface area contributed by atoms with Gasteiger partial charge in [-0.15, -0.1) is 0 Å². The zero-order chi connectivity index (χ0) is 24.1. The van der Waals surface area contributed by atoms with Crippen molar-refractivity contribution in [3.8, 4) is 5.75 Å². The Morgan fingerprint density at radius 2 is 1.74 bits per heavy atom. The van der Waals surface area contributed by atoms with E-state index in [1.807, 2.05) is 30.3 Å². The van der Waals surface area contributed by atoms with E-state index in [9.17, 15) is 23.1 Å². The van der Waals surface area contributed by atoms with E-state index in [2.05, 4.69) is 0 Å². The van der Waals surface area contributed by atoms with Crippen molar-refractivity contribution >= 4 is 5.97 Å². The summed E-state index contributed by atoms with van der Waals surface area (Å²) in [6.07, 6.45) is -2.53. The molecule has 0 aromatic heterocycles. The maximum atomic E-state index is 13.5. The second kappa shape index (κ2) is 10.3. The van der Waals surface area contributed by atoms with Crippen LogP contribution in [0.25, 0.3) is 0 Å². The van der Waals surface area contributed by atoms with Crippen LogP contribution in [0.3, 0.4) is 0 Å². The summed E-state index contributed by atoms with van der Waals surface area (Å²) in [5.74, 6) is -0.456. The highest BCUT2D eigenvalue weighted by atomic mass is 19.4. The molecule has 178 valence electrons. The molecule has 3 aromatic rings. The number of hydrogen-bond acceptors (Lipinski definition) is 3. The average molecular weight is 470 g/mol. The van der Waals surface area contributed by atoms with Crippen LogP contribution in [0, 0.1) is 0 Å². The number of hydrogen-bond donors (Lipinski definition) is 1. The fraction of sp³-hybridized carbons (Fsp3) is 0.296. The summed E-state index contributed by atoms with van der Waals surface area (Å²) < 4.78 is 46.7. The molecule has 1 aliphatic heterocycles. The molecule has 1 heterocycles. The summed E-state index contributed by atoms with van der Waals surface area (Å²) in [7, 11) is 0. The van der Waals surface area contributed by atoms with Gasteiger partial charge in [0, 0.05) is 5.56 Å². The zero-order valence-electron chi connectivity index (χ0n) is 18.5. The van der Waals surface area contributed by atoms with Crippen LogP contribution in [-0.4, -0.2) is 28.6 Å². The number of para-hydroxylation sites is 1. The normalized spacial score (nSPS) is 17.8. The summed E-state index contributed by atoms with van der Waals surface area (Å²) in [6.45, 7) is 0.750. The third-order valence-corrected chi connectivity index (χ3v) is 6.14. The van der Waals surface area contributed by atoms with Gasteiger partial charge in [0.25, 0.3) is 0 Å². The van der Waals surface area contributed by atoms with Crippen molar-refractivity contribution in [2.24, 2.45) is 0 Å². The van der Waals surface area contributed by atoms with Crippen molar-refractivity contribution in [3.05, 3.63) is 101 Å². The van der Waals surface area contributed by atoms with Gasteiger partial charge >= 0.3 is 12.1 Å². The SMILES string of the molecule is O=C(O)C1CCCCN1C(c1cccc(C(F)(F)F)c1)c1ccccc1OCc1ccccc1. The molecular formula is C27H26F3NO3.